The van der Waals surface area contributed by atoms with Gasteiger partial charge in [-0.05, 0) is 30.9 Å². The molecular formula is C19H25F. The first-order valence-corrected chi connectivity index (χ1v) is 7.10. The maximum Gasteiger partial charge on any atom is 0.122 e. The van der Waals surface area contributed by atoms with Crippen LogP contribution in [0.2, 0.25) is 0 Å². The molecular weight excluding hydrogens is 247 g/mol. The van der Waals surface area contributed by atoms with Crippen LogP contribution in [0, 0.1) is 5.92 Å². The van der Waals surface area contributed by atoms with Crippen LogP contribution < -0.4 is 0 Å². The minimum atomic E-state index is -0.930. The highest BCUT2D eigenvalue weighted by Gasteiger charge is 2.19. The van der Waals surface area contributed by atoms with Crippen molar-refractivity contribution in [2.75, 3.05) is 0 Å². The third-order valence-corrected chi connectivity index (χ3v) is 3.53. The van der Waals surface area contributed by atoms with Crippen LogP contribution in [-0.2, 0) is 0 Å². The lowest BCUT2D eigenvalue weighted by atomic mass is 9.80. The third kappa shape index (κ3) is 3.93. The minimum Gasteiger partial charge on any atom is -0.243 e. The van der Waals surface area contributed by atoms with Crippen LogP contribution in [0.5, 0.6) is 0 Å². The van der Waals surface area contributed by atoms with Gasteiger partial charge in [-0.3, -0.25) is 0 Å². The van der Waals surface area contributed by atoms with Gasteiger partial charge in [0.15, 0.2) is 0 Å². The van der Waals surface area contributed by atoms with Crippen LogP contribution in [0.3, 0.4) is 0 Å². The summed E-state index contributed by atoms with van der Waals surface area (Å²) >= 11 is 0. The predicted molar refractivity (Wildman–Crippen MR) is 86.6 cm³/mol. The van der Waals surface area contributed by atoms with Crippen LogP contribution in [0.1, 0.15) is 50.9 Å². The van der Waals surface area contributed by atoms with Gasteiger partial charge in [0.25, 0.3) is 0 Å². The van der Waals surface area contributed by atoms with E-state index in [0.29, 0.717) is 11.5 Å². The van der Waals surface area contributed by atoms with Crippen molar-refractivity contribution in [1.82, 2.24) is 0 Å². The van der Waals surface area contributed by atoms with Crippen molar-refractivity contribution in [3.8, 4) is 0 Å². The highest BCUT2D eigenvalue weighted by atomic mass is 19.1. The van der Waals surface area contributed by atoms with Gasteiger partial charge in [-0.2, -0.15) is 0 Å². The Hall–Kier alpha value is -1.63. The Morgan fingerprint density at radius 1 is 1.10 bits per heavy atom. The van der Waals surface area contributed by atoms with E-state index in [1.807, 2.05) is 37.3 Å². The lowest BCUT2D eigenvalue weighted by Gasteiger charge is -2.24. The van der Waals surface area contributed by atoms with E-state index in [9.17, 15) is 4.39 Å². The Labute approximate surface area is 122 Å². The fourth-order valence-electron chi connectivity index (χ4n) is 2.47. The number of halogens is 1. The molecule has 1 heteroatoms. The second-order valence-corrected chi connectivity index (χ2v) is 5.62. The molecule has 0 radical (unpaired) electrons. The molecule has 0 heterocycles. The molecule has 0 N–H and O–H groups in total. The molecule has 1 rings (SSSR count). The maximum atomic E-state index is 13.3. The Kier molecular flexibility index (Phi) is 5.94. The summed E-state index contributed by atoms with van der Waals surface area (Å²) in [6.07, 6.45) is 2.96. The zero-order valence-electron chi connectivity index (χ0n) is 13.0. The van der Waals surface area contributed by atoms with Crippen LogP contribution in [0.15, 0.2) is 60.7 Å². The van der Waals surface area contributed by atoms with Crippen molar-refractivity contribution in [1.29, 1.82) is 0 Å². The van der Waals surface area contributed by atoms with Crippen LogP contribution in [0.4, 0.5) is 4.39 Å². The number of alkyl halides is 1. The first-order valence-electron chi connectivity index (χ1n) is 7.10. The number of benzene rings is 1. The summed E-state index contributed by atoms with van der Waals surface area (Å²) in [5.41, 5.74) is 4.25. The number of hydrogen-bond acceptors (Lipinski definition) is 0. The lowest BCUT2D eigenvalue weighted by molar-refractivity contribution is 0.374. The average Bonchev–Trinajstić information content (AvgIpc) is 2.38. The fourth-order valence-corrected chi connectivity index (χ4v) is 2.47. The molecule has 0 aliphatic rings. The first kappa shape index (κ1) is 16.4. The zero-order valence-corrected chi connectivity index (χ0v) is 13.0. The Bertz CT molecular complexity index is 489. The molecule has 0 aliphatic heterocycles. The standard InChI is InChI=1S/C19H25F/c1-7-8-18(13(2)3)19(14(4)5)17-11-9-16(10-12-17)15(6)20/h7-13,15,19H,1,4H2,2-3,5-6H3/b18-8-. The Morgan fingerprint density at radius 2 is 1.60 bits per heavy atom. The summed E-state index contributed by atoms with van der Waals surface area (Å²) < 4.78 is 13.3. The van der Waals surface area contributed by atoms with Gasteiger partial charge in [-0.15, -0.1) is 0 Å². The molecule has 0 saturated heterocycles. The highest BCUT2D eigenvalue weighted by Crippen LogP contribution is 2.35. The van der Waals surface area contributed by atoms with Crippen LogP contribution in [-0.4, -0.2) is 0 Å². The van der Waals surface area contributed by atoms with E-state index in [-0.39, 0.29) is 5.92 Å². The topological polar surface area (TPSA) is 0 Å². The maximum absolute atomic E-state index is 13.3. The van der Waals surface area contributed by atoms with Crippen molar-refractivity contribution in [2.45, 2.75) is 39.8 Å². The first-order chi connectivity index (χ1) is 9.38. The minimum absolute atomic E-state index is 0.164. The van der Waals surface area contributed by atoms with Gasteiger partial charge in [0.1, 0.15) is 6.17 Å². The van der Waals surface area contributed by atoms with Crippen molar-refractivity contribution in [3.05, 3.63) is 71.8 Å². The zero-order chi connectivity index (χ0) is 15.3. The van der Waals surface area contributed by atoms with Crippen molar-refractivity contribution < 1.29 is 4.39 Å². The predicted octanol–water partition coefficient (Wildman–Crippen LogP) is 6.15. The van der Waals surface area contributed by atoms with Crippen LogP contribution >= 0.6 is 0 Å². The molecule has 2 atom stereocenters. The second-order valence-electron chi connectivity index (χ2n) is 5.62. The molecule has 1 aromatic carbocycles. The van der Waals surface area contributed by atoms with E-state index in [1.165, 1.54) is 5.57 Å². The number of hydrogen-bond donors (Lipinski definition) is 0. The van der Waals surface area contributed by atoms with E-state index in [2.05, 4.69) is 33.1 Å². The molecule has 0 saturated carbocycles. The SMILES string of the molecule is C=C/C=C(/C(C)C)C(C(=C)C)c1ccc(C(C)F)cc1. The molecule has 0 bridgehead atoms. The smallest absolute Gasteiger partial charge is 0.122 e. The van der Waals surface area contributed by atoms with E-state index in [0.717, 1.165) is 11.1 Å². The summed E-state index contributed by atoms with van der Waals surface area (Å²) in [7, 11) is 0. The van der Waals surface area contributed by atoms with Gasteiger partial charge in [-0.1, -0.05) is 74.6 Å². The summed E-state index contributed by atoms with van der Waals surface area (Å²) in [5, 5.41) is 0. The largest absolute Gasteiger partial charge is 0.243 e. The van der Waals surface area contributed by atoms with E-state index >= 15 is 0 Å². The van der Waals surface area contributed by atoms with Gasteiger partial charge >= 0.3 is 0 Å². The van der Waals surface area contributed by atoms with E-state index < -0.39 is 6.17 Å². The molecule has 0 aromatic heterocycles. The monoisotopic (exact) mass is 272 g/mol. The fraction of sp³-hybridized carbons (Fsp3) is 0.368. The number of rotatable bonds is 6. The average molecular weight is 272 g/mol. The molecule has 20 heavy (non-hydrogen) atoms. The molecule has 0 nitrogen and oxygen atoms in total. The molecule has 0 fully saturated rings. The van der Waals surface area contributed by atoms with E-state index in [1.54, 1.807) is 6.92 Å². The van der Waals surface area contributed by atoms with Crippen LogP contribution in [0.25, 0.3) is 0 Å². The second kappa shape index (κ2) is 7.23. The molecule has 108 valence electrons. The quantitative estimate of drug-likeness (QED) is 0.430. The van der Waals surface area contributed by atoms with Gasteiger partial charge < -0.3 is 0 Å². The summed E-state index contributed by atoms with van der Waals surface area (Å²) in [6.45, 7) is 15.9. The molecule has 0 spiro atoms. The Morgan fingerprint density at radius 3 is 1.95 bits per heavy atom. The molecule has 0 amide bonds. The van der Waals surface area contributed by atoms with Gasteiger partial charge in [0.2, 0.25) is 0 Å². The lowest BCUT2D eigenvalue weighted by Crippen LogP contribution is -2.09. The normalized spacial score (nSPS) is 15.0. The van der Waals surface area contributed by atoms with Gasteiger partial charge in [0, 0.05) is 5.92 Å². The molecule has 0 aliphatic carbocycles. The summed E-state index contributed by atoms with van der Waals surface area (Å²) in [4.78, 5) is 0. The van der Waals surface area contributed by atoms with E-state index in [4.69, 9.17) is 0 Å². The van der Waals surface area contributed by atoms with Gasteiger partial charge in [-0.25, -0.2) is 4.39 Å². The number of allylic oxidation sites excluding steroid dienone is 4. The summed E-state index contributed by atoms with van der Waals surface area (Å²) in [6, 6.07) is 7.73. The molecule has 1 aromatic rings. The van der Waals surface area contributed by atoms with Crippen molar-refractivity contribution >= 4 is 0 Å². The highest BCUT2D eigenvalue weighted by molar-refractivity contribution is 5.40. The van der Waals surface area contributed by atoms with Crippen molar-refractivity contribution in [3.63, 3.8) is 0 Å². The molecule has 2 unspecified atom stereocenters. The van der Waals surface area contributed by atoms with Crippen molar-refractivity contribution in [2.24, 2.45) is 5.92 Å². The summed E-state index contributed by atoms with van der Waals surface area (Å²) in [5.74, 6) is 0.575. The Balaban J connectivity index is 3.23. The van der Waals surface area contributed by atoms with Gasteiger partial charge in [0.05, 0.1) is 0 Å². The third-order valence-electron chi connectivity index (χ3n) is 3.53.